The Morgan fingerprint density at radius 1 is 1.07 bits per heavy atom. The Balaban J connectivity index is 1.59. The molecule has 1 amide bonds. The minimum atomic E-state index is -0.274. The Morgan fingerprint density at radius 3 is 2.33 bits per heavy atom. The first-order valence-corrected chi connectivity index (χ1v) is 10.7. The number of hydrogen-bond acceptors (Lipinski definition) is 6. The maximum absolute atomic E-state index is 12.3. The Labute approximate surface area is 178 Å². The number of amides is 1. The molecule has 7 heteroatoms. The van der Waals surface area contributed by atoms with Gasteiger partial charge in [-0.2, -0.15) is 0 Å². The molecule has 1 aliphatic carbocycles. The highest BCUT2D eigenvalue weighted by molar-refractivity contribution is 5.83. The number of carbonyl (C=O) groups excluding carboxylic acids is 2. The number of nitrogens with one attached hydrogen (secondary N) is 2. The number of ether oxygens (including phenoxy) is 2. The zero-order chi connectivity index (χ0) is 21.8. The van der Waals surface area contributed by atoms with Crippen molar-refractivity contribution in [2.45, 2.75) is 51.4 Å². The van der Waals surface area contributed by atoms with Gasteiger partial charge in [0.1, 0.15) is 5.75 Å². The van der Waals surface area contributed by atoms with E-state index in [2.05, 4.69) is 11.9 Å². The molecule has 0 heterocycles. The molecule has 0 bridgehead atoms. The lowest BCUT2D eigenvalue weighted by Crippen LogP contribution is -2.31. The van der Waals surface area contributed by atoms with Gasteiger partial charge in [0, 0.05) is 18.2 Å². The summed E-state index contributed by atoms with van der Waals surface area (Å²) >= 11 is 0. The molecule has 164 valence electrons. The van der Waals surface area contributed by atoms with Crippen molar-refractivity contribution in [2.24, 2.45) is 17.6 Å². The molecule has 1 aromatic carbocycles. The van der Waals surface area contributed by atoms with Gasteiger partial charge in [-0.15, -0.1) is 0 Å². The van der Waals surface area contributed by atoms with E-state index >= 15 is 0 Å². The Bertz CT molecular complexity index is 710. The predicted octanol–water partition coefficient (Wildman–Crippen LogP) is 4.04. The summed E-state index contributed by atoms with van der Waals surface area (Å²) in [5.74, 6) is -0.116. The van der Waals surface area contributed by atoms with Gasteiger partial charge < -0.3 is 20.5 Å². The van der Waals surface area contributed by atoms with Gasteiger partial charge in [0.05, 0.1) is 12.5 Å². The summed E-state index contributed by atoms with van der Waals surface area (Å²) in [4.78, 5) is 23.5. The second-order valence-electron chi connectivity index (χ2n) is 7.65. The fraction of sp³-hybridized carbons (Fsp3) is 0.522. The van der Waals surface area contributed by atoms with Crippen LogP contribution in [-0.4, -0.2) is 30.9 Å². The summed E-state index contributed by atoms with van der Waals surface area (Å²) in [6.07, 6.45) is 8.13. The number of carbonyl (C=O) groups is 2. The smallest absolute Gasteiger partial charge is 0.314 e. The van der Waals surface area contributed by atoms with Crippen LogP contribution in [0.3, 0.4) is 0 Å². The molecule has 0 atom stereocenters. The van der Waals surface area contributed by atoms with Crippen LogP contribution in [0.5, 0.6) is 5.75 Å². The molecular weight excluding hydrogens is 382 g/mol. The van der Waals surface area contributed by atoms with Crippen molar-refractivity contribution >= 4 is 23.5 Å². The molecule has 0 aromatic heterocycles. The number of hydrogen-bond donors (Lipinski definition) is 3. The van der Waals surface area contributed by atoms with Gasteiger partial charge in [0.2, 0.25) is 11.8 Å². The monoisotopic (exact) mass is 415 g/mol. The predicted molar refractivity (Wildman–Crippen MR) is 118 cm³/mol. The number of nitrogens with two attached hydrogens (primary N) is 1. The molecule has 7 nitrogen and oxygen atoms in total. The highest BCUT2D eigenvalue weighted by Crippen LogP contribution is 2.30. The number of anilines is 1. The zero-order valence-corrected chi connectivity index (χ0v) is 17.5. The lowest BCUT2D eigenvalue weighted by atomic mass is 9.82. The first-order chi connectivity index (χ1) is 14.5. The summed E-state index contributed by atoms with van der Waals surface area (Å²) in [5.41, 5.74) is 6.32. The number of benzene rings is 1. The Morgan fingerprint density at radius 2 is 1.70 bits per heavy atom. The van der Waals surface area contributed by atoms with Crippen LogP contribution >= 0.6 is 0 Å². The fourth-order valence-electron chi connectivity index (χ4n) is 3.51. The number of rotatable bonds is 12. The lowest BCUT2D eigenvalue weighted by molar-refractivity contribution is -0.141. The highest BCUT2D eigenvalue weighted by Gasteiger charge is 2.30. The topological polar surface area (TPSA) is 114 Å². The van der Waals surface area contributed by atoms with Gasteiger partial charge in [0.25, 0.3) is 0 Å². The van der Waals surface area contributed by atoms with E-state index in [1.807, 2.05) is 12.1 Å². The van der Waals surface area contributed by atoms with Crippen LogP contribution in [-0.2, 0) is 14.3 Å². The maximum atomic E-state index is 12.3. The highest BCUT2D eigenvalue weighted by atomic mass is 16.5. The summed E-state index contributed by atoms with van der Waals surface area (Å²) in [5, 5.41) is 10.7. The standard InChI is InChI=1S/C23H33N3O4/c1-2-21(24)29-16-6-4-3-5-15-26-19-11-13-20(14-12-19)30-23(28)18-9-7-17(8-10-18)22(25)27/h2,11-14,17-18,24,26H,1,3-10,15-16H2,(H2,25,27). The maximum Gasteiger partial charge on any atom is 0.314 e. The first kappa shape index (κ1) is 23.4. The van der Waals surface area contributed by atoms with E-state index in [0.29, 0.717) is 38.0 Å². The molecule has 0 saturated heterocycles. The van der Waals surface area contributed by atoms with E-state index < -0.39 is 0 Å². The Kier molecular flexibility index (Phi) is 9.91. The largest absolute Gasteiger partial charge is 0.478 e. The third-order valence-corrected chi connectivity index (χ3v) is 5.38. The molecule has 0 spiro atoms. The van der Waals surface area contributed by atoms with Gasteiger partial charge in [-0.1, -0.05) is 19.4 Å². The molecule has 1 aliphatic rings. The second-order valence-corrected chi connectivity index (χ2v) is 7.65. The van der Waals surface area contributed by atoms with E-state index in [9.17, 15) is 9.59 Å². The van der Waals surface area contributed by atoms with Crippen molar-refractivity contribution in [1.82, 2.24) is 0 Å². The van der Waals surface area contributed by atoms with Crippen LogP contribution in [0.25, 0.3) is 0 Å². The molecule has 30 heavy (non-hydrogen) atoms. The van der Waals surface area contributed by atoms with Crippen LogP contribution in [0.1, 0.15) is 51.4 Å². The Hall–Kier alpha value is -2.83. The molecule has 4 N–H and O–H groups in total. The van der Waals surface area contributed by atoms with Crippen molar-refractivity contribution in [1.29, 1.82) is 5.41 Å². The van der Waals surface area contributed by atoms with E-state index in [0.717, 1.165) is 37.9 Å². The summed E-state index contributed by atoms with van der Waals surface area (Å²) in [6, 6.07) is 7.39. The zero-order valence-electron chi connectivity index (χ0n) is 17.5. The van der Waals surface area contributed by atoms with Crippen molar-refractivity contribution in [2.75, 3.05) is 18.5 Å². The van der Waals surface area contributed by atoms with Crippen LogP contribution in [0.15, 0.2) is 36.9 Å². The average molecular weight is 416 g/mol. The molecular formula is C23H33N3O4. The minimum absolute atomic E-state index is 0.111. The van der Waals surface area contributed by atoms with Crippen LogP contribution in [0.2, 0.25) is 0 Å². The molecule has 1 aromatic rings. The molecule has 1 fully saturated rings. The van der Waals surface area contributed by atoms with E-state index in [1.165, 1.54) is 6.08 Å². The third kappa shape index (κ3) is 8.27. The van der Waals surface area contributed by atoms with Gasteiger partial charge in [0.15, 0.2) is 0 Å². The first-order valence-electron chi connectivity index (χ1n) is 10.7. The van der Waals surface area contributed by atoms with E-state index in [1.54, 1.807) is 12.1 Å². The third-order valence-electron chi connectivity index (χ3n) is 5.38. The molecule has 1 saturated carbocycles. The fourth-order valence-corrected chi connectivity index (χ4v) is 3.51. The van der Waals surface area contributed by atoms with Crippen molar-refractivity contribution < 1.29 is 19.1 Å². The van der Waals surface area contributed by atoms with Crippen molar-refractivity contribution in [3.8, 4) is 5.75 Å². The molecule has 2 rings (SSSR count). The van der Waals surface area contributed by atoms with Crippen molar-refractivity contribution in [3.05, 3.63) is 36.9 Å². The molecule has 0 radical (unpaired) electrons. The van der Waals surface area contributed by atoms with Crippen LogP contribution in [0, 0.1) is 17.2 Å². The average Bonchev–Trinajstić information content (AvgIpc) is 2.76. The quantitative estimate of drug-likeness (QED) is 0.157. The number of unbranched alkanes of at least 4 members (excludes halogenated alkanes) is 3. The van der Waals surface area contributed by atoms with Gasteiger partial charge in [-0.05, 0) is 68.9 Å². The second kappa shape index (κ2) is 12.7. The van der Waals surface area contributed by atoms with Gasteiger partial charge >= 0.3 is 5.97 Å². The SMILES string of the molecule is C=CC(=N)OCCCCCCNc1ccc(OC(=O)C2CCC(C(N)=O)CC2)cc1. The number of primary amides is 1. The van der Waals surface area contributed by atoms with E-state index in [4.69, 9.17) is 20.6 Å². The summed E-state index contributed by atoms with van der Waals surface area (Å²) in [6.45, 7) is 4.91. The molecule has 0 aliphatic heterocycles. The minimum Gasteiger partial charge on any atom is -0.478 e. The van der Waals surface area contributed by atoms with Gasteiger partial charge in [-0.25, -0.2) is 0 Å². The lowest BCUT2D eigenvalue weighted by Gasteiger charge is -2.25. The number of esters is 1. The van der Waals surface area contributed by atoms with Crippen LogP contribution in [0.4, 0.5) is 5.69 Å². The summed E-state index contributed by atoms with van der Waals surface area (Å²) in [7, 11) is 0. The van der Waals surface area contributed by atoms with Crippen molar-refractivity contribution in [3.63, 3.8) is 0 Å². The molecule has 0 unspecified atom stereocenters. The summed E-state index contributed by atoms with van der Waals surface area (Å²) < 4.78 is 10.6. The normalized spacial score (nSPS) is 18.3. The van der Waals surface area contributed by atoms with Crippen LogP contribution < -0.4 is 15.8 Å². The van der Waals surface area contributed by atoms with E-state index in [-0.39, 0.29) is 29.6 Å². The van der Waals surface area contributed by atoms with Gasteiger partial charge in [-0.3, -0.25) is 15.0 Å².